The lowest BCUT2D eigenvalue weighted by molar-refractivity contribution is -0.138. The summed E-state index contributed by atoms with van der Waals surface area (Å²) in [5.74, 6) is 1.22. The predicted octanol–water partition coefficient (Wildman–Crippen LogP) is 3.02. The Morgan fingerprint density at radius 2 is 2.00 bits per heavy atom. The average molecular weight is 428 g/mol. The fourth-order valence-electron chi connectivity index (χ4n) is 3.32. The molecule has 0 amide bonds. The predicted molar refractivity (Wildman–Crippen MR) is 111 cm³/mol. The standard InChI is InChI=1S/C21H31F3N4O2/c1-25-20(26-7-2-10-30-15-16-3-4-16)27-14-17-5-6-18(13-19(17)21(22,23)24)28-8-11-29-12-9-28/h5-6,13,16H,2-4,7-12,14-15H2,1H3,(H2,25,26,27). The van der Waals surface area contributed by atoms with Crippen LogP contribution >= 0.6 is 0 Å². The number of rotatable bonds is 9. The van der Waals surface area contributed by atoms with Gasteiger partial charge in [0.1, 0.15) is 0 Å². The maximum absolute atomic E-state index is 13.7. The molecule has 1 aromatic carbocycles. The highest BCUT2D eigenvalue weighted by atomic mass is 19.4. The molecule has 2 aliphatic rings. The summed E-state index contributed by atoms with van der Waals surface area (Å²) in [6.07, 6.45) is -1.07. The van der Waals surface area contributed by atoms with Crippen LogP contribution in [0.25, 0.3) is 0 Å². The fourth-order valence-corrected chi connectivity index (χ4v) is 3.32. The van der Waals surface area contributed by atoms with Gasteiger partial charge in [-0.15, -0.1) is 0 Å². The van der Waals surface area contributed by atoms with E-state index in [4.69, 9.17) is 9.47 Å². The number of nitrogens with one attached hydrogen (secondary N) is 2. The van der Waals surface area contributed by atoms with Gasteiger partial charge in [-0.3, -0.25) is 4.99 Å². The average Bonchev–Trinajstić information content (AvgIpc) is 3.57. The molecule has 168 valence electrons. The van der Waals surface area contributed by atoms with E-state index in [1.165, 1.54) is 18.9 Å². The maximum Gasteiger partial charge on any atom is 0.416 e. The van der Waals surface area contributed by atoms with Gasteiger partial charge in [0.25, 0.3) is 0 Å². The second kappa shape index (κ2) is 10.9. The second-order valence-corrected chi connectivity index (χ2v) is 7.66. The molecule has 0 atom stereocenters. The first-order chi connectivity index (χ1) is 14.5. The van der Waals surface area contributed by atoms with Crippen LogP contribution in [0.2, 0.25) is 0 Å². The van der Waals surface area contributed by atoms with Gasteiger partial charge in [0, 0.05) is 52.1 Å². The van der Waals surface area contributed by atoms with Gasteiger partial charge in [-0.25, -0.2) is 0 Å². The van der Waals surface area contributed by atoms with Crippen molar-refractivity contribution < 1.29 is 22.6 Å². The molecule has 0 bridgehead atoms. The van der Waals surface area contributed by atoms with Crippen molar-refractivity contribution in [3.63, 3.8) is 0 Å². The van der Waals surface area contributed by atoms with Gasteiger partial charge < -0.3 is 25.0 Å². The highest BCUT2D eigenvalue weighted by Crippen LogP contribution is 2.35. The molecule has 0 radical (unpaired) electrons. The molecule has 1 aliphatic carbocycles. The van der Waals surface area contributed by atoms with Crippen LogP contribution in [-0.4, -0.2) is 59.1 Å². The zero-order chi connectivity index (χ0) is 21.4. The molecule has 9 heteroatoms. The summed E-state index contributed by atoms with van der Waals surface area (Å²) >= 11 is 0. The highest BCUT2D eigenvalue weighted by Gasteiger charge is 2.34. The molecule has 30 heavy (non-hydrogen) atoms. The van der Waals surface area contributed by atoms with Crippen molar-refractivity contribution in [3.8, 4) is 0 Å². The van der Waals surface area contributed by atoms with E-state index < -0.39 is 11.7 Å². The van der Waals surface area contributed by atoms with Gasteiger partial charge >= 0.3 is 6.18 Å². The molecule has 1 aliphatic heterocycles. The van der Waals surface area contributed by atoms with Crippen LogP contribution in [0.4, 0.5) is 18.9 Å². The second-order valence-electron chi connectivity index (χ2n) is 7.66. The van der Waals surface area contributed by atoms with E-state index in [2.05, 4.69) is 15.6 Å². The van der Waals surface area contributed by atoms with Crippen LogP contribution in [0.15, 0.2) is 23.2 Å². The van der Waals surface area contributed by atoms with Crippen LogP contribution < -0.4 is 15.5 Å². The zero-order valence-corrected chi connectivity index (χ0v) is 17.4. The quantitative estimate of drug-likeness (QED) is 0.360. The van der Waals surface area contributed by atoms with Gasteiger partial charge in [-0.05, 0) is 42.9 Å². The molecule has 0 unspecified atom stereocenters. The first-order valence-electron chi connectivity index (χ1n) is 10.5. The lowest BCUT2D eigenvalue weighted by Gasteiger charge is -2.29. The van der Waals surface area contributed by atoms with Gasteiger partial charge in [0.15, 0.2) is 5.96 Å². The number of anilines is 1. The van der Waals surface area contributed by atoms with Crippen molar-refractivity contribution in [1.29, 1.82) is 0 Å². The Morgan fingerprint density at radius 1 is 1.23 bits per heavy atom. The molecule has 3 rings (SSSR count). The minimum atomic E-state index is -4.42. The number of morpholine rings is 1. The number of hydrogen-bond donors (Lipinski definition) is 2. The molecular weight excluding hydrogens is 397 g/mol. The fraction of sp³-hybridized carbons (Fsp3) is 0.667. The molecule has 0 aromatic heterocycles. The van der Waals surface area contributed by atoms with Crippen molar-refractivity contribution in [2.24, 2.45) is 10.9 Å². The smallest absolute Gasteiger partial charge is 0.381 e. The van der Waals surface area contributed by atoms with E-state index in [1.54, 1.807) is 19.2 Å². The van der Waals surface area contributed by atoms with Gasteiger partial charge in [0.05, 0.1) is 18.8 Å². The van der Waals surface area contributed by atoms with Crippen molar-refractivity contribution in [2.75, 3.05) is 58.0 Å². The summed E-state index contributed by atoms with van der Waals surface area (Å²) in [7, 11) is 1.60. The summed E-state index contributed by atoms with van der Waals surface area (Å²) in [6.45, 7) is 4.42. The number of guanidine groups is 1. The summed E-state index contributed by atoms with van der Waals surface area (Å²) in [5.41, 5.74) is 0.140. The third-order valence-corrected chi connectivity index (χ3v) is 5.25. The Morgan fingerprint density at radius 3 is 2.67 bits per heavy atom. The van der Waals surface area contributed by atoms with Crippen LogP contribution in [-0.2, 0) is 22.2 Å². The molecule has 1 aromatic rings. The summed E-state index contributed by atoms with van der Waals surface area (Å²) in [5, 5.41) is 6.10. The van der Waals surface area contributed by atoms with Crippen LogP contribution in [0.3, 0.4) is 0 Å². The van der Waals surface area contributed by atoms with Crippen molar-refractivity contribution >= 4 is 11.6 Å². The number of ether oxygens (including phenoxy) is 2. The van der Waals surface area contributed by atoms with E-state index in [0.717, 1.165) is 18.9 Å². The lowest BCUT2D eigenvalue weighted by Crippen LogP contribution is -2.38. The number of halogens is 3. The lowest BCUT2D eigenvalue weighted by atomic mass is 10.0. The highest BCUT2D eigenvalue weighted by molar-refractivity contribution is 5.79. The zero-order valence-electron chi connectivity index (χ0n) is 17.4. The van der Waals surface area contributed by atoms with Crippen molar-refractivity contribution in [2.45, 2.75) is 32.0 Å². The Labute approximate surface area is 175 Å². The molecule has 1 saturated heterocycles. The Kier molecular flexibility index (Phi) is 8.21. The molecule has 0 spiro atoms. The van der Waals surface area contributed by atoms with Gasteiger partial charge in [-0.1, -0.05) is 6.07 Å². The molecule has 1 heterocycles. The van der Waals surface area contributed by atoms with E-state index >= 15 is 0 Å². The molecule has 6 nitrogen and oxygen atoms in total. The van der Waals surface area contributed by atoms with Crippen LogP contribution in [0, 0.1) is 5.92 Å². The minimum Gasteiger partial charge on any atom is -0.381 e. The Hall–Kier alpha value is -2.00. The normalized spacial score (nSPS) is 17.9. The Balaban J connectivity index is 1.51. The van der Waals surface area contributed by atoms with Crippen LogP contribution in [0.1, 0.15) is 30.4 Å². The first-order valence-corrected chi connectivity index (χ1v) is 10.5. The summed E-state index contributed by atoms with van der Waals surface area (Å²) < 4.78 is 51.8. The molecule has 1 saturated carbocycles. The molecular formula is C21H31F3N4O2. The largest absolute Gasteiger partial charge is 0.416 e. The monoisotopic (exact) mass is 428 g/mol. The van der Waals surface area contributed by atoms with Gasteiger partial charge in [0.2, 0.25) is 0 Å². The first kappa shape index (κ1) is 22.7. The van der Waals surface area contributed by atoms with Crippen molar-refractivity contribution in [3.05, 3.63) is 29.3 Å². The number of aliphatic imine (C=N–C) groups is 1. The molecule has 2 N–H and O–H groups in total. The van der Waals surface area contributed by atoms with E-state index in [9.17, 15) is 13.2 Å². The summed E-state index contributed by atoms with van der Waals surface area (Å²) in [4.78, 5) is 6.01. The topological polar surface area (TPSA) is 58.1 Å². The number of nitrogens with zero attached hydrogens (tertiary/aromatic N) is 2. The number of alkyl halides is 3. The van der Waals surface area contributed by atoms with E-state index in [0.29, 0.717) is 51.1 Å². The number of hydrogen-bond acceptors (Lipinski definition) is 4. The van der Waals surface area contributed by atoms with Crippen LogP contribution in [0.5, 0.6) is 0 Å². The minimum absolute atomic E-state index is 0.0378. The summed E-state index contributed by atoms with van der Waals surface area (Å²) in [6, 6.07) is 4.51. The third-order valence-electron chi connectivity index (χ3n) is 5.25. The SMILES string of the molecule is CN=C(NCCCOCC1CC1)NCc1ccc(N2CCOCC2)cc1C(F)(F)F. The van der Waals surface area contributed by atoms with E-state index in [-0.39, 0.29) is 12.1 Å². The Bertz CT molecular complexity index is 702. The van der Waals surface area contributed by atoms with E-state index in [1.807, 2.05) is 4.90 Å². The molecule has 2 fully saturated rings. The third kappa shape index (κ3) is 7.05. The maximum atomic E-state index is 13.7. The van der Waals surface area contributed by atoms with Gasteiger partial charge in [-0.2, -0.15) is 13.2 Å². The number of benzene rings is 1. The van der Waals surface area contributed by atoms with Crippen molar-refractivity contribution in [1.82, 2.24) is 10.6 Å².